The number of halogens is 2. The van der Waals surface area contributed by atoms with Gasteiger partial charge in [0.2, 0.25) is 5.95 Å². The molecule has 0 spiro atoms. The molecule has 0 N–H and O–H groups in total. The lowest BCUT2D eigenvalue weighted by Gasteiger charge is -1.96. The van der Waals surface area contributed by atoms with Crippen molar-refractivity contribution in [2.45, 2.75) is 6.92 Å². The molecule has 1 rings (SSSR count). The van der Waals surface area contributed by atoms with Gasteiger partial charge in [0.05, 0.1) is 0 Å². The molecule has 1 aromatic rings. The van der Waals surface area contributed by atoms with E-state index < -0.39 is 5.95 Å². The quantitative estimate of drug-likeness (QED) is 0.534. The van der Waals surface area contributed by atoms with Crippen molar-refractivity contribution >= 4 is 21.7 Å². The number of carbonyl (C=O) groups excluding carboxylic acids is 1. The molecule has 0 aliphatic rings. The van der Waals surface area contributed by atoms with Gasteiger partial charge in [-0.25, -0.2) is 4.98 Å². The van der Waals surface area contributed by atoms with Gasteiger partial charge in [-0.15, -0.1) is 0 Å². The molecule has 4 heteroatoms. The highest BCUT2D eigenvalue weighted by molar-refractivity contribution is 9.10. The number of hydrogen-bond acceptors (Lipinski definition) is 2. The number of aromatic nitrogens is 1. The second-order valence-corrected chi connectivity index (χ2v) is 2.87. The van der Waals surface area contributed by atoms with E-state index in [4.69, 9.17) is 0 Å². The summed E-state index contributed by atoms with van der Waals surface area (Å²) in [5.74, 6) is -0.894. The van der Waals surface area contributed by atoms with Crippen molar-refractivity contribution < 1.29 is 9.18 Å². The largest absolute Gasteiger partial charge is 0.293 e. The van der Waals surface area contributed by atoms with Gasteiger partial charge in [-0.05, 0) is 28.1 Å². The molecule has 0 atom stereocenters. The highest BCUT2D eigenvalue weighted by Crippen LogP contribution is 2.14. The Hall–Kier alpha value is -0.770. The van der Waals surface area contributed by atoms with Gasteiger partial charge in [-0.3, -0.25) is 4.79 Å². The summed E-state index contributed by atoms with van der Waals surface area (Å²) in [6.45, 7) is 1.34. The summed E-state index contributed by atoms with van der Waals surface area (Å²) < 4.78 is 12.9. The van der Waals surface area contributed by atoms with Crippen LogP contribution in [0.15, 0.2) is 16.6 Å². The van der Waals surface area contributed by atoms with E-state index >= 15 is 0 Å². The first kappa shape index (κ1) is 8.33. The van der Waals surface area contributed by atoms with Crippen molar-refractivity contribution in [2.75, 3.05) is 0 Å². The van der Waals surface area contributed by atoms with Crippen molar-refractivity contribution in [3.8, 4) is 0 Å². The monoisotopic (exact) mass is 217 g/mol. The molecule has 0 radical (unpaired) electrons. The molecule has 0 saturated heterocycles. The van der Waals surface area contributed by atoms with Crippen LogP contribution in [0.4, 0.5) is 4.39 Å². The second kappa shape index (κ2) is 3.09. The Morgan fingerprint density at radius 1 is 1.64 bits per heavy atom. The van der Waals surface area contributed by atoms with Crippen LogP contribution in [0.25, 0.3) is 0 Å². The average molecular weight is 218 g/mol. The van der Waals surface area contributed by atoms with E-state index in [1.54, 1.807) is 0 Å². The first-order valence-electron chi connectivity index (χ1n) is 2.94. The molecule has 0 bridgehead atoms. The Balaban J connectivity index is 3.23. The maximum absolute atomic E-state index is 12.4. The SMILES string of the molecule is CC(=O)c1nc(F)ccc1Br. The fourth-order valence-corrected chi connectivity index (χ4v) is 1.17. The highest BCUT2D eigenvalue weighted by Gasteiger charge is 2.07. The van der Waals surface area contributed by atoms with Gasteiger partial charge in [0.1, 0.15) is 5.69 Å². The maximum Gasteiger partial charge on any atom is 0.213 e. The highest BCUT2D eigenvalue weighted by atomic mass is 79.9. The van der Waals surface area contributed by atoms with Crippen LogP contribution >= 0.6 is 15.9 Å². The van der Waals surface area contributed by atoms with Gasteiger partial charge in [0, 0.05) is 11.4 Å². The standard InChI is InChI=1S/C7H5BrFNO/c1-4(11)7-5(8)2-3-6(9)10-7/h2-3H,1H3. The topological polar surface area (TPSA) is 30.0 Å². The third-order valence-electron chi connectivity index (χ3n) is 1.15. The molecule has 0 saturated carbocycles. The molecule has 1 heterocycles. The maximum atomic E-state index is 12.4. The molecule has 0 fully saturated rings. The molecule has 11 heavy (non-hydrogen) atoms. The molecule has 0 aliphatic heterocycles. The fourth-order valence-electron chi connectivity index (χ4n) is 0.665. The predicted octanol–water partition coefficient (Wildman–Crippen LogP) is 2.19. The van der Waals surface area contributed by atoms with Crippen molar-refractivity contribution in [2.24, 2.45) is 0 Å². The zero-order valence-corrected chi connectivity index (χ0v) is 7.35. The lowest BCUT2D eigenvalue weighted by Crippen LogP contribution is -1.99. The minimum absolute atomic E-state index is 0.130. The molecular formula is C7H5BrFNO. The van der Waals surface area contributed by atoms with Gasteiger partial charge in [-0.1, -0.05) is 0 Å². The van der Waals surface area contributed by atoms with Crippen molar-refractivity contribution in [1.82, 2.24) is 4.98 Å². The normalized spacial score (nSPS) is 9.73. The van der Waals surface area contributed by atoms with E-state index in [2.05, 4.69) is 20.9 Å². The van der Waals surface area contributed by atoms with Crippen LogP contribution in [-0.2, 0) is 0 Å². The Kier molecular flexibility index (Phi) is 2.34. The Morgan fingerprint density at radius 2 is 2.27 bits per heavy atom. The summed E-state index contributed by atoms with van der Waals surface area (Å²) in [5.41, 5.74) is 0.130. The molecular weight excluding hydrogens is 213 g/mol. The first-order chi connectivity index (χ1) is 5.11. The van der Waals surface area contributed by atoms with E-state index in [-0.39, 0.29) is 11.5 Å². The Morgan fingerprint density at radius 3 is 2.73 bits per heavy atom. The molecule has 0 amide bonds. The zero-order valence-electron chi connectivity index (χ0n) is 5.77. The molecule has 1 aromatic heterocycles. The Bertz CT molecular complexity index is 300. The van der Waals surface area contributed by atoms with Crippen LogP contribution in [0.1, 0.15) is 17.4 Å². The molecule has 2 nitrogen and oxygen atoms in total. The van der Waals surface area contributed by atoms with Crippen LogP contribution in [-0.4, -0.2) is 10.8 Å². The summed E-state index contributed by atoms with van der Waals surface area (Å²) >= 11 is 3.08. The van der Waals surface area contributed by atoms with Crippen LogP contribution in [0, 0.1) is 5.95 Å². The lowest BCUT2D eigenvalue weighted by atomic mass is 10.3. The summed E-state index contributed by atoms with van der Waals surface area (Å²) in [7, 11) is 0. The summed E-state index contributed by atoms with van der Waals surface area (Å²) in [6.07, 6.45) is 0. The van der Waals surface area contributed by atoms with Gasteiger partial charge >= 0.3 is 0 Å². The second-order valence-electron chi connectivity index (χ2n) is 2.02. The van der Waals surface area contributed by atoms with E-state index in [0.717, 1.165) is 0 Å². The predicted molar refractivity (Wildman–Crippen MR) is 41.9 cm³/mol. The molecule has 0 aromatic carbocycles. The number of ketones is 1. The van der Waals surface area contributed by atoms with Crippen LogP contribution in [0.3, 0.4) is 0 Å². The first-order valence-corrected chi connectivity index (χ1v) is 3.73. The van der Waals surface area contributed by atoms with Gasteiger partial charge in [0.15, 0.2) is 5.78 Å². The number of pyridine rings is 1. The third-order valence-corrected chi connectivity index (χ3v) is 1.79. The number of carbonyl (C=O) groups is 1. The molecule has 0 aliphatic carbocycles. The summed E-state index contributed by atoms with van der Waals surface area (Å²) in [6, 6.07) is 2.65. The smallest absolute Gasteiger partial charge is 0.213 e. The van der Waals surface area contributed by atoms with Crippen molar-refractivity contribution in [3.63, 3.8) is 0 Å². The van der Waals surface area contributed by atoms with Crippen molar-refractivity contribution in [3.05, 3.63) is 28.2 Å². The van der Waals surface area contributed by atoms with Crippen molar-refractivity contribution in [1.29, 1.82) is 0 Å². The van der Waals surface area contributed by atoms with Crippen LogP contribution in [0.2, 0.25) is 0 Å². The van der Waals surface area contributed by atoms with Crippen LogP contribution in [0.5, 0.6) is 0 Å². The fraction of sp³-hybridized carbons (Fsp3) is 0.143. The van der Waals surface area contributed by atoms with E-state index in [1.807, 2.05) is 0 Å². The number of Topliss-reactive ketones (excluding diaryl/α,β-unsaturated/α-hetero) is 1. The minimum Gasteiger partial charge on any atom is -0.293 e. The number of nitrogens with zero attached hydrogens (tertiary/aromatic N) is 1. The van der Waals surface area contributed by atoms with E-state index in [9.17, 15) is 9.18 Å². The van der Waals surface area contributed by atoms with E-state index in [0.29, 0.717) is 4.47 Å². The molecule has 58 valence electrons. The lowest BCUT2D eigenvalue weighted by molar-refractivity contribution is 0.101. The Labute approximate surface area is 71.6 Å². The van der Waals surface area contributed by atoms with Crippen LogP contribution < -0.4 is 0 Å². The number of hydrogen-bond donors (Lipinski definition) is 0. The average Bonchev–Trinajstić information content (AvgIpc) is 1.94. The summed E-state index contributed by atoms with van der Waals surface area (Å²) in [5, 5.41) is 0. The van der Waals surface area contributed by atoms with E-state index in [1.165, 1.54) is 19.1 Å². The number of rotatable bonds is 1. The third kappa shape index (κ3) is 1.83. The molecule has 0 unspecified atom stereocenters. The van der Waals surface area contributed by atoms with Gasteiger partial charge in [0.25, 0.3) is 0 Å². The minimum atomic E-state index is -0.640. The zero-order chi connectivity index (χ0) is 8.43. The van der Waals surface area contributed by atoms with Gasteiger partial charge in [-0.2, -0.15) is 4.39 Å². The summed E-state index contributed by atoms with van der Waals surface area (Å²) in [4.78, 5) is 14.2. The van der Waals surface area contributed by atoms with Gasteiger partial charge < -0.3 is 0 Å².